The number of nitrogens with zero attached hydrogens (tertiary/aromatic N) is 1. The van der Waals surface area contributed by atoms with Crippen LogP contribution in [0.5, 0.6) is 0 Å². The average Bonchev–Trinajstić information content (AvgIpc) is 2.13. The molecule has 0 aliphatic carbocycles. The van der Waals surface area contributed by atoms with Crippen LogP contribution in [0, 0.1) is 5.92 Å². The van der Waals surface area contributed by atoms with Crippen molar-refractivity contribution in [2.45, 2.75) is 45.7 Å². The van der Waals surface area contributed by atoms with Crippen LogP contribution in [0.4, 0.5) is 0 Å². The Hall–Kier alpha value is -0.0800. The summed E-state index contributed by atoms with van der Waals surface area (Å²) in [4.78, 5) is 2.62. The topological polar surface area (TPSA) is 15.3 Å². The van der Waals surface area contributed by atoms with Crippen molar-refractivity contribution in [3.05, 3.63) is 0 Å². The zero-order valence-corrected chi connectivity index (χ0v) is 9.51. The van der Waals surface area contributed by atoms with Crippen molar-refractivity contribution >= 4 is 0 Å². The molecule has 1 N–H and O–H groups in total. The molecule has 0 spiro atoms. The molecule has 0 aromatic heterocycles. The fourth-order valence-electron chi connectivity index (χ4n) is 2.12. The van der Waals surface area contributed by atoms with Crippen LogP contribution in [0.3, 0.4) is 0 Å². The highest BCUT2D eigenvalue weighted by Crippen LogP contribution is 2.22. The second-order valence-corrected chi connectivity index (χ2v) is 4.54. The Morgan fingerprint density at radius 1 is 1.46 bits per heavy atom. The maximum absolute atomic E-state index is 3.31. The molecular weight excluding hydrogens is 160 g/mol. The SMILES string of the molecule is CN[C@@H](C)CN1CCCC(C)C1C. The van der Waals surface area contributed by atoms with E-state index < -0.39 is 0 Å². The number of likely N-dealkylation sites (tertiary alicyclic amines) is 1. The van der Waals surface area contributed by atoms with Crippen LogP contribution in [0.15, 0.2) is 0 Å². The first kappa shape index (κ1) is 11.0. The Morgan fingerprint density at radius 3 is 2.77 bits per heavy atom. The average molecular weight is 184 g/mol. The molecule has 0 amide bonds. The lowest BCUT2D eigenvalue weighted by Gasteiger charge is -2.39. The molecule has 0 saturated carbocycles. The standard InChI is InChI=1S/C11H24N2/c1-9-6-5-7-13(11(9)3)8-10(2)12-4/h9-12H,5-8H2,1-4H3/t9?,10-,11?/m0/s1. The van der Waals surface area contributed by atoms with Gasteiger partial charge >= 0.3 is 0 Å². The number of nitrogens with one attached hydrogen (secondary N) is 1. The van der Waals surface area contributed by atoms with E-state index in [9.17, 15) is 0 Å². The van der Waals surface area contributed by atoms with E-state index in [-0.39, 0.29) is 0 Å². The Kier molecular flexibility index (Phi) is 4.20. The van der Waals surface area contributed by atoms with E-state index >= 15 is 0 Å². The molecule has 13 heavy (non-hydrogen) atoms. The molecule has 1 saturated heterocycles. The van der Waals surface area contributed by atoms with E-state index in [2.05, 4.69) is 31.0 Å². The van der Waals surface area contributed by atoms with Gasteiger partial charge in [-0.3, -0.25) is 4.90 Å². The lowest BCUT2D eigenvalue weighted by molar-refractivity contribution is 0.105. The van der Waals surface area contributed by atoms with Crippen LogP contribution in [0.1, 0.15) is 33.6 Å². The van der Waals surface area contributed by atoms with Gasteiger partial charge in [0.2, 0.25) is 0 Å². The number of piperidine rings is 1. The number of rotatable bonds is 3. The normalized spacial score (nSPS) is 33.2. The molecule has 2 nitrogen and oxygen atoms in total. The van der Waals surface area contributed by atoms with Gasteiger partial charge in [-0.2, -0.15) is 0 Å². The first-order valence-electron chi connectivity index (χ1n) is 5.56. The highest BCUT2D eigenvalue weighted by atomic mass is 15.2. The molecule has 2 heteroatoms. The highest BCUT2D eigenvalue weighted by Gasteiger charge is 2.24. The summed E-state index contributed by atoms with van der Waals surface area (Å²) in [6.45, 7) is 9.48. The van der Waals surface area contributed by atoms with Crippen LogP contribution < -0.4 is 5.32 Å². The molecule has 78 valence electrons. The molecule has 1 fully saturated rings. The maximum Gasteiger partial charge on any atom is 0.0163 e. The van der Waals surface area contributed by atoms with Crippen LogP contribution in [0.2, 0.25) is 0 Å². The van der Waals surface area contributed by atoms with E-state index in [0.717, 1.165) is 12.0 Å². The predicted molar refractivity (Wildman–Crippen MR) is 58.0 cm³/mol. The molecule has 0 radical (unpaired) electrons. The van der Waals surface area contributed by atoms with Crippen molar-refractivity contribution in [2.24, 2.45) is 5.92 Å². The van der Waals surface area contributed by atoms with Crippen molar-refractivity contribution in [3.63, 3.8) is 0 Å². The van der Waals surface area contributed by atoms with E-state index in [1.54, 1.807) is 0 Å². The summed E-state index contributed by atoms with van der Waals surface area (Å²) in [5, 5.41) is 3.31. The first-order valence-corrected chi connectivity index (χ1v) is 5.56. The van der Waals surface area contributed by atoms with E-state index in [4.69, 9.17) is 0 Å². The van der Waals surface area contributed by atoms with Crippen LogP contribution in [-0.2, 0) is 0 Å². The minimum Gasteiger partial charge on any atom is -0.316 e. The first-order chi connectivity index (χ1) is 6.15. The maximum atomic E-state index is 3.31. The second kappa shape index (κ2) is 4.97. The Morgan fingerprint density at radius 2 is 2.15 bits per heavy atom. The zero-order chi connectivity index (χ0) is 9.84. The molecule has 2 unspecified atom stereocenters. The van der Waals surface area contributed by atoms with Gasteiger partial charge in [0.25, 0.3) is 0 Å². The third-order valence-electron chi connectivity index (χ3n) is 3.51. The van der Waals surface area contributed by atoms with Crippen molar-refractivity contribution in [3.8, 4) is 0 Å². The minimum absolute atomic E-state index is 0.618. The second-order valence-electron chi connectivity index (χ2n) is 4.54. The Bertz CT molecular complexity index is 147. The summed E-state index contributed by atoms with van der Waals surface area (Å²) in [7, 11) is 2.04. The predicted octanol–water partition coefficient (Wildman–Crippen LogP) is 1.71. The van der Waals surface area contributed by atoms with E-state index in [0.29, 0.717) is 6.04 Å². The van der Waals surface area contributed by atoms with Gasteiger partial charge in [0.05, 0.1) is 0 Å². The van der Waals surface area contributed by atoms with Crippen molar-refractivity contribution in [2.75, 3.05) is 20.1 Å². The Balaban J connectivity index is 2.39. The monoisotopic (exact) mass is 184 g/mol. The molecule has 0 bridgehead atoms. The van der Waals surface area contributed by atoms with Gasteiger partial charge in [-0.15, -0.1) is 0 Å². The molecule has 3 atom stereocenters. The third kappa shape index (κ3) is 2.96. The largest absolute Gasteiger partial charge is 0.316 e. The van der Waals surface area contributed by atoms with E-state index in [1.807, 2.05) is 7.05 Å². The van der Waals surface area contributed by atoms with Gasteiger partial charge in [0.1, 0.15) is 0 Å². The van der Waals surface area contributed by atoms with Gasteiger partial charge in [0, 0.05) is 18.6 Å². The lowest BCUT2D eigenvalue weighted by Crippen LogP contribution is -2.47. The van der Waals surface area contributed by atoms with Crippen molar-refractivity contribution < 1.29 is 0 Å². The van der Waals surface area contributed by atoms with Crippen molar-refractivity contribution in [1.29, 1.82) is 0 Å². The fourth-order valence-corrected chi connectivity index (χ4v) is 2.12. The summed E-state index contributed by atoms with van der Waals surface area (Å²) >= 11 is 0. The minimum atomic E-state index is 0.618. The fraction of sp³-hybridized carbons (Fsp3) is 1.00. The van der Waals surface area contributed by atoms with Gasteiger partial charge in [-0.25, -0.2) is 0 Å². The molecule has 1 aliphatic heterocycles. The number of hydrogen-bond donors (Lipinski definition) is 1. The van der Waals surface area contributed by atoms with E-state index in [1.165, 1.54) is 25.9 Å². The lowest BCUT2D eigenvalue weighted by atomic mass is 9.92. The highest BCUT2D eigenvalue weighted by molar-refractivity contribution is 4.80. The summed E-state index contributed by atoms with van der Waals surface area (Å²) in [6.07, 6.45) is 2.79. The zero-order valence-electron chi connectivity index (χ0n) is 9.51. The molecular formula is C11H24N2. The summed E-state index contributed by atoms with van der Waals surface area (Å²) < 4.78 is 0. The van der Waals surface area contributed by atoms with Crippen molar-refractivity contribution in [1.82, 2.24) is 10.2 Å². The number of hydrogen-bond acceptors (Lipinski definition) is 2. The molecule has 0 aromatic rings. The van der Waals surface area contributed by atoms with Crippen LogP contribution in [0.25, 0.3) is 0 Å². The van der Waals surface area contributed by atoms with Crippen LogP contribution >= 0.6 is 0 Å². The number of likely N-dealkylation sites (N-methyl/N-ethyl adjacent to an activating group) is 1. The molecule has 1 heterocycles. The molecule has 1 rings (SSSR count). The summed E-state index contributed by atoms with van der Waals surface area (Å²) in [5.41, 5.74) is 0. The third-order valence-corrected chi connectivity index (χ3v) is 3.51. The summed E-state index contributed by atoms with van der Waals surface area (Å²) in [6, 6.07) is 1.39. The van der Waals surface area contributed by atoms with Gasteiger partial charge in [0.15, 0.2) is 0 Å². The van der Waals surface area contributed by atoms with Gasteiger partial charge in [-0.1, -0.05) is 6.92 Å². The van der Waals surface area contributed by atoms with Crippen LogP contribution in [-0.4, -0.2) is 37.1 Å². The quantitative estimate of drug-likeness (QED) is 0.718. The summed E-state index contributed by atoms with van der Waals surface area (Å²) in [5.74, 6) is 0.873. The molecule has 1 aliphatic rings. The smallest absolute Gasteiger partial charge is 0.0163 e. The Labute approximate surface area is 82.7 Å². The van der Waals surface area contributed by atoms with Gasteiger partial charge < -0.3 is 5.32 Å². The molecule has 0 aromatic carbocycles. The van der Waals surface area contributed by atoms with Gasteiger partial charge in [-0.05, 0) is 46.2 Å².